The normalized spacial score (nSPS) is 14.5. The van der Waals surface area contributed by atoms with Crippen molar-refractivity contribution in [3.05, 3.63) is 41.4 Å². The lowest BCUT2D eigenvalue weighted by Gasteiger charge is -2.21. The van der Waals surface area contributed by atoms with Gasteiger partial charge in [-0.25, -0.2) is 4.98 Å². The number of aldehydes is 1. The highest BCUT2D eigenvalue weighted by atomic mass is 16.5. The predicted molar refractivity (Wildman–Crippen MR) is 95.0 cm³/mol. The van der Waals surface area contributed by atoms with E-state index in [1.807, 2.05) is 10.9 Å². The van der Waals surface area contributed by atoms with E-state index in [0.29, 0.717) is 23.8 Å². The lowest BCUT2D eigenvalue weighted by Crippen LogP contribution is -2.12. The molecule has 0 bridgehead atoms. The molecule has 1 aliphatic rings. The van der Waals surface area contributed by atoms with Gasteiger partial charge in [0.2, 0.25) is 5.88 Å². The number of aryl methyl sites for hydroxylation is 1. The van der Waals surface area contributed by atoms with Crippen LogP contribution in [0.5, 0.6) is 11.6 Å². The molecule has 0 N–H and O–H groups in total. The predicted octanol–water partition coefficient (Wildman–Crippen LogP) is 3.53. The second-order valence-corrected chi connectivity index (χ2v) is 5.99. The second kappa shape index (κ2) is 7.96. The van der Waals surface area contributed by atoms with Crippen LogP contribution in [-0.4, -0.2) is 34.8 Å². The first kappa shape index (κ1) is 17.2. The molecule has 2 aromatic rings. The molecule has 0 aromatic carbocycles. The summed E-state index contributed by atoms with van der Waals surface area (Å²) >= 11 is 0. The molecule has 2 aromatic heterocycles. The van der Waals surface area contributed by atoms with Crippen molar-refractivity contribution in [3.8, 4) is 11.6 Å². The van der Waals surface area contributed by atoms with Gasteiger partial charge in [0, 0.05) is 18.8 Å². The number of rotatable bonds is 7. The van der Waals surface area contributed by atoms with E-state index < -0.39 is 0 Å². The first-order chi connectivity index (χ1) is 12.3. The van der Waals surface area contributed by atoms with E-state index in [9.17, 15) is 4.79 Å². The Morgan fingerprint density at radius 3 is 2.92 bits per heavy atom. The highest BCUT2D eigenvalue weighted by Crippen LogP contribution is 2.33. The zero-order valence-corrected chi connectivity index (χ0v) is 14.7. The van der Waals surface area contributed by atoms with Crippen LogP contribution in [0.25, 0.3) is 5.57 Å². The van der Waals surface area contributed by atoms with Crippen molar-refractivity contribution >= 4 is 11.9 Å². The van der Waals surface area contributed by atoms with Gasteiger partial charge in [0.1, 0.15) is 12.4 Å². The SMILES string of the molecule is CCn1nccc1C1=C(COc2cnc(OC)cc2C=O)CCCC1. The minimum Gasteiger partial charge on any atom is -0.487 e. The zero-order chi connectivity index (χ0) is 17.6. The maximum atomic E-state index is 11.3. The van der Waals surface area contributed by atoms with Crippen molar-refractivity contribution in [3.63, 3.8) is 0 Å². The molecule has 0 aliphatic heterocycles. The largest absolute Gasteiger partial charge is 0.487 e. The molecule has 0 fully saturated rings. The van der Waals surface area contributed by atoms with Crippen molar-refractivity contribution in [1.29, 1.82) is 0 Å². The third kappa shape index (κ3) is 3.73. The summed E-state index contributed by atoms with van der Waals surface area (Å²) in [6.45, 7) is 3.40. The molecule has 0 saturated carbocycles. The number of hydrogen-bond donors (Lipinski definition) is 0. The highest BCUT2D eigenvalue weighted by molar-refractivity contribution is 5.79. The van der Waals surface area contributed by atoms with Crippen molar-refractivity contribution in [2.75, 3.05) is 13.7 Å². The van der Waals surface area contributed by atoms with Crippen molar-refractivity contribution < 1.29 is 14.3 Å². The van der Waals surface area contributed by atoms with E-state index in [4.69, 9.17) is 9.47 Å². The fraction of sp³-hybridized carbons (Fsp3) is 0.421. The number of ether oxygens (including phenoxy) is 2. The minimum atomic E-state index is 0.402. The quantitative estimate of drug-likeness (QED) is 0.721. The molecule has 0 atom stereocenters. The number of nitrogens with zero attached hydrogens (tertiary/aromatic N) is 3. The fourth-order valence-corrected chi connectivity index (χ4v) is 3.20. The molecule has 25 heavy (non-hydrogen) atoms. The molecule has 1 aliphatic carbocycles. The average Bonchev–Trinajstić information content (AvgIpc) is 3.15. The Bertz CT molecular complexity index is 780. The number of methoxy groups -OCH3 is 1. The van der Waals surface area contributed by atoms with Gasteiger partial charge in [-0.1, -0.05) is 0 Å². The van der Waals surface area contributed by atoms with Gasteiger partial charge in [-0.2, -0.15) is 5.10 Å². The Morgan fingerprint density at radius 2 is 2.16 bits per heavy atom. The molecular weight excluding hydrogens is 318 g/mol. The molecule has 6 nitrogen and oxygen atoms in total. The molecule has 0 saturated heterocycles. The van der Waals surface area contributed by atoms with E-state index in [1.165, 1.54) is 30.4 Å². The molecule has 132 valence electrons. The average molecular weight is 341 g/mol. The topological polar surface area (TPSA) is 66.2 Å². The summed E-state index contributed by atoms with van der Waals surface area (Å²) in [5.41, 5.74) is 4.21. The molecule has 0 spiro atoms. The number of hydrogen-bond acceptors (Lipinski definition) is 5. The van der Waals surface area contributed by atoms with Crippen molar-refractivity contribution in [1.82, 2.24) is 14.8 Å². The summed E-state index contributed by atoms with van der Waals surface area (Å²) in [6.07, 6.45) is 8.53. The number of carbonyl (C=O) groups excluding carboxylic acids is 1. The second-order valence-electron chi connectivity index (χ2n) is 5.99. The Hall–Kier alpha value is -2.63. The third-order valence-corrected chi connectivity index (χ3v) is 4.52. The standard InChI is InChI=1S/C19H23N3O3/c1-3-22-17(8-9-21-22)16-7-5-4-6-14(16)13-25-18-11-20-19(24-2)10-15(18)12-23/h8-12H,3-7,13H2,1-2H3. The van der Waals surface area contributed by atoms with E-state index >= 15 is 0 Å². The number of pyridine rings is 1. The van der Waals surface area contributed by atoms with E-state index in [1.54, 1.807) is 12.3 Å². The fourth-order valence-electron chi connectivity index (χ4n) is 3.20. The van der Waals surface area contributed by atoms with Gasteiger partial charge in [-0.15, -0.1) is 0 Å². The van der Waals surface area contributed by atoms with Crippen LogP contribution in [0.4, 0.5) is 0 Å². The Labute approximate surface area is 147 Å². The van der Waals surface area contributed by atoms with Crippen LogP contribution in [-0.2, 0) is 6.54 Å². The smallest absolute Gasteiger partial charge is 0.213 e. The van der Waals surface area contributed by atoms with Crippen LogP contribution in [0.15, 0.2) is 30.1 Å². The van der Waals surface area contributed by atoms with Gasteiger partial charge in [0.25, 0.3) is 0 Å². The Morgan fingerprint density at radius 1 is 1.32 bits per heavy atom. The molecular formula is C19H23N3O3. The van der Waals surface area contributed by atoms with Crippen LogP contribution >= 0.6 is 0 Å². The Kier molecular flexibility index (Phi) is 5.48. The van der Waals surface area contributed by atoms with Crippen LogP contribution in [0.1, 0.15) is 48.7 Å². The molecule has 2 heterocycles. The highest BCUT2D eigenvalue weighted by Gasteiger charge is 2.18. The van der Waals surface area contributed by atoms with Gasteiger partial charge in [0.05, 0.1) is 24.6 Å². The van der Waals surface area contributed by atoms with Crippen LogP contribution in [0, 0.1) is 0 Å². The van der Waals surface area contributed by atoms with Crippen molar-refractivity contribution in [2.24, 2.45) is 0 Å². The van der Waals surface area contributed by atoms with Gasteiger partial charge < -0.3 is 9.47 Å². The van der Waals surface area contributed by atoms with Crippen LogP contribution in [0.2, 0.25) is 0 Å². The molecule has 0 radical (unpaired) electrons. The zero-order valence-electron chi connectivity index (χ0n) is 14.7. The first-order valence-corrected chi connectivity index (χ1v) is 8.62. The van der Waals surface area contributed by atoms with E-state index in [0.717, 1.165) is 32.1 Å². The molecule has 0 amide bonds. The summed E-state index contributed by atoms with van der Waals surface area (Å²) in [4.78, 5) is 15.4. The molecule has 6 heteroatoms. The molecule has 3 rings (SSSR count). The van der Waals surface area contributed by atoms with Crippen LogP contribution < -0.4 is 9.47 Å². The summed E-state index contributed by atoms with van der Waals surface area (Å²) in [5.74, 6) is 0.885. The van der Waals surface area contributed by atoms with Gasteiger partial charge in [-0.05, 0) is 49.8 Å². The Balaban J connectivity index is 1.84. The van der Waals surface area contributed by atoms with Gasteiger partial charge in [-0.3, -0.25) is 9.48 Å². The first-order valence-electron chi connectivity index (χ1n) is 8.62. The third-order valence-electron chi connectivity index (χ3n) is 4.52. The maximum Gasteiger partial charge on any atom is 0.213 e. The summed E-state index contributed by atoms with van der Waals surface area (Å²) in [5, 5.41) is 4.38. The lowest BCUT2D eigenvalue weighted by molar-refractivity contribution is 0.111. The summed E-state index contributed by atoms with van der Waals surface area (Å²) < 4.78 is 13.0. The molecule has 0 unspecified atom stereocenters. The monoisotopic (exact) mass is 341 g/mol. The number of allylic oxidation sites excluding steroid dienone is 1. The maximum absolute atomic E-state index is 11.3. The van der Waals surface area contributed by atoms with Gasteiger partial charge in [0.15, 0.2) is 6.29 Å². The van der Waals surface area contributed by atoms with E-state index in [-0.39, 0.29) is 0 Å². The summed E-state index contributed by atoms with van der Waals surface area (Å²) in [7, 11) is 1.52. The van der Waals surface area contributed by atoms with E-state index in [2.05, 4.69) is 23.1 Å². The van der Waals surface area contributed by atoms with Crippen LogP contribution in [0.3, 0.4) is 0 Å². The minimum absolute atomic E-state index is 0.402. The number of aromatic nitrogens is 3. The van der Waals surface area contributed by atoms with Gasteiger partial charge >= 0.3 is 0 Å². The number of carbonyl (C=O) groups is 1. The van der Waals surface area contributed by atoms with Crippen molar-refractivity contribution in [2.45, 2.75) is 39.2 Å². The lowest BCUT2D eigenvalue weighted by atomic mass is 9.90. The summed E-state index contributed by atoms with van der Waals surface area (Å²) in [6, 6.07) is 3.65.